The average Bonchev–Trinajstić information content (AvgIpc) is 2.50. The normalized spacial score (nSPS) is 9.46. The number of H-pyrrole nitrogens is 1. The predicted molar refractivity (Wildman–Crippen MR) is 59.0 cm³/mol. The average molecular weight is 175 g/mol. The van der Waals surface area contributed by atoms with Gasteiger partial charge in [-0.2, -0.15) is 0 Å². The van der Waals surface area contributed by atoms with Crippen molar-refractivity contribution in [2.45, 2.75) is 27.2 Å². The summed E-state index contributed by atoms with van der Waals surface area (Å²) >= 11 is 0. The van der Waals surface area contributed by atoms with E-state index in [0.29, 0.717) is 0 Å². The first-order valence-electron chi connectivity index (χ1n) is 4.82. The molecule has 0 radical (unpaired) electrons. The van der Waals surface area contributed by atoms with Crippen LogP contribution >= 0.6 is 0 Å². The summed E-state index contributed by atoms with van der Waals surface area (Å²) in [4.78, 5) is 3.19. The number of hydrogen-bond donors (Lipinski definition) is 1. The van der Waals surface area contributed by atoms with Crippen molar-refractivity contribution < 1.29 is 0 Å². The lowest BCUT2D eigenvalue weighted by atomic mass is 10.2. The first kappa shape index (κ1) is 9.85. The zero-order valence-electron chi connectivity index (χ0n) is 8.59. The number of benzene rings is 1. The van der Waals surface area contributed by atoms with Crippen molar-refractivity contribution in [2.24, 2.45) is 0 Å². The van der Waals surface area contributed by atoms with Gasteiger partial charge in [0.05, 0.1) is 0 Å². The second-order valence-electron chi connectivity index (χ2n) is 3.22. The summed E-state index contributed by atoms with van der Waals surface area (Å²) in [6.07, 6.45) is 3.28. The van der Waals surface area contributed by atoms with Gasteiger partial charge in [0.25, 0.3) is 0 Å². The van der Waals surface area contributed by atoms with Gasteiger partial charge in [0.1, 0.15) is 0 Å². The molecule has 1 heteroatoms. The molecule has 0 aliphatic carbocycles. The SMILES string of the molecule is CCC.Cc1c[nH]c2ccccc12. The molecule has 70 valence electrons. The lowest BCUT2D eigenvalue weighted by Crippen LogP contribution is -1.64. The van der Waals surface area contributed by atoms with E-state index in [9.17, 15) is 0 Å². The Morgan fingerprint density at radius 1 is 1.15 bits per heavy atom. The minimum atomic E-state index is 1.22. The van der Waals surface area contributed by atoms with E-state index in [1.165, 1.54) is 22.9 Å². The molecule has 0 aliphatic heterocycles. The minimum Gasteiger partial charge on any atom is -0.361 e. The van der Waals surface area contributed by atoms with Crippen LogP contribution in [0.5, 0.6) is 0 Å². The fourth-order valence-electron chi connectivity index (χ4n) is 1.22. The molecule has 2 rings (SSSR count). The van der Waals surface area contributed by atoms with Crippen LogP contribution in [0.1, 0.15) is 25.8 Å². The smallest absolute Gasteiger partial charge is 0.0456 e. The lowest BCUT2D eigenvalue weighted by Gasteiger charge is -1.86. The van der Waals surface area contributed by atoms with E-state index in [2.05, 4.69) is 44.0 Å². The number of aromatic nitrogens is 1. The van der Waals surface area contributed by atoms with Crippen molar-refractivity contribution >= 4 is 10.9 Å². The van der Waals surface area contributed by atoms with Crippen LogP contribution in [-0.2, 0) is 0 Å². The Bertz CT molecular complexity index is 360. The van der Waals surface area contributed by atoms with Crippen LogP contribution < -0.4 is 0 Å². The minimum absolute atomic E-state index is 1.22. The molecule has 0 unspecified atom stereocenters. The van der Waals surface area contributed by atoms with E-state index in [-0.39, 0.29) is 0 Å². The van der Waals surface area contributed by atoms with Crippen molar-refractivity contribution in [3.05, 3.63) is 36.0 Å². The third-order valence-electron chi connectivity index (χ3n) is 1.80. The van der Waals surface area contributed by atoms with Crippen molar-refractivity contribution in [3.63, 3.8) is 0 Å². The van der Waals surface area contributed by atoms with E-state index in [1.807, 2.05) is 12.3 Å². The zero-order valence-corrected chi connectivity index (χ0v) is 8.59. The highest BCUT2D eigenvalue weighted by molar-refractivity contribution is 5.82. The molecule has 0 fully saturated rings. The van der Waals surface area contributed by atoms with Gasteiger partial charge in [-0.25, -0.2) is 0 Å². The number of hydrogen-bond acceptors (Lipinski definition) is 0. The molecule has 2 aromatic rings. The Hall–Kier alpha value is -1.24. The fourth-order valence-corrected chi connectivity index (χ4v) is 1.22. The van der Waals surface area contributed by atoms with Gasteiger partial charge in [-0.15, -0.1) is 0 Å². The highest BCUT2D eigenvalue weighted by Gasteiger charge is 1.94. The monoisotopic (exact) mass is 175 g/mol. The molecule has 13 heavy (non-hydrogen) atoms. The van der Waals surface area contributed by atoms with Gasteiger partial charge in [-0.1, -0.05) is 38.5 Å². The van der Waals surface area contributed by atoms with E-state index >= 15 is 0 Å². The Morgan fingerprint density at radius 3 is 2.38 bits per heavy atom. The number of nitrogens with one attached hydrogen (secondary N) is 1. The maximum absolute atomic E-state index is 3.19. The van der Waals surface area contributed by atoms with Gasteiger partial charge in [0.2, 0.25) is 0 Å². The van der Waals surface area contributed by atoms with Crippen LogP contribution in [0.4, 0.5) is 0 Å². The van der Waals surface area contributed by atoms with Crippen LogP contribution in [-0.4, -0.2) is 4.98 Å². The number of aromatic amines is 1. The first-order chi connectivity index (χ1) is 6.29. The molecular formula is C12H17N. The third kappa shape index (κ3) is 2.35. The molecule has 0 saturated carbocycles. The number of para-hydroxylation sites is 1. The van der Waals surface area contributed by atoms with Crippen molar-refractivity contribution in [3.8, 4) is 0 Å². The van der Waals surface area contributed by atoms with Gasteiger partial charge < -0.3 is 4.98 Å². The molecule has 1 heterocycles. The van der Waals surface area contributed by atoms with E-state index in [0.717, 1.165) is 0 Å². The van der Waals surface area contributed by atoms with Crippen LogP contribution in [0.25, 0.3) is 10.9 Å². The number of fused-ring (bicyclic) bond motifs is 1. The first-order valence-corrected chi connectivity index (χ1v) is 4.82. The summed E-state index contributed by atoms with van der Waals surface area (Å²) in [6.45, 7) is 6.36. The highest BCUT2D eigenvalue weighted by atomic mass is 14.7. The molecule has 0 amide bonds. The Balaban J connectivity index is 0.000000251. The summed E-state index contributed by atoms with van der Waals surface area (Å²) in [5, 5.41) is 1.32. The van der Waals surface area contributed by atoms with Crippen LogP contribution in [0.2, 0.25) is 0 Å². The quantitative estimate of drug-likeness (QED) is 0.625. The van der Waals surface area contributed by atoms with E-state index in [4.69, 9.17) is 0 Å². The van der Waals surface area contributed by atoms with E-state index in [1.54, 1.807) is 0 Å². The van der Waals surface area contributed by atoms with Gasteiger partial charge in [0.15, 0.2) is 0 Å². The van der Waals surface area contributed by atoms with Crippen LogP contribution in [0, 0.1) is 6.92 Å². The lowest BCUT2D eigenvalue weighted by molar-refractivity contribution is 1.09. The third-order valence-corrected chi connectivity index (χ3v) is 1.80. The second-order valence-corrected chi connectivity index (χ2v) is 3.22. The maximum atomic E-state index is 3.19. The zero-order chi connectivity index (χ0) is 9.68. The molecule has 0 saturated heterocycles. The van der Waals surface area contributed by atoms with Gasteiger partial charge in [-0.05, 0) is 18.6 Å². The molecule has 0 atom stereocenters. The van der Waals surface area contributed by atoms with Gasteiger partial charge >= 0.3 is 0 Å². The van der Waals surface area contributed by atoms with Gasteiger partial charge in [0, 0.05) is 17.1 Å². The Labute approximate surface area is 79.8 Å². The molecule has 0 aliphatic rings. The van der Waals surface area contributed by atoms with E-state index < -0.39 is 0 Å². The summed E-state index contributed by atoms with van der Waals surface area (Å²) in [7, 11) is 0. The highest BCUT2D eigenvalue weighted by Crippen LogP contribution is 2.15. The molecule has 1 N–H and O–H groups in total. The standard InChI is InChI=1S/C9H9N.C3H8/c1-7-6-10-9-5-3-2-4-8(7)9;1-3-2/h2-6,10H,1H3;3H2,1-2H3. The largest absolute Gasteiger partial charge is 0.361 e. The molecule has 1 aromatic carbocycles. The summed E-state index contributed by atoms with van der Waals surface area (Å²) in [5.41, 5.74) is 2.54. The summed E-state index contributed by atoms with van der Waals surface area (Å²) in [6, 6.07) is 8.31. The predicted octanol–water partition coefficient (Wildman–Crippen LogP) is 3.89. The second kappa shape index (κ2) is 4.70. The Kier molecular flexibility index (Phi) is 3.56. The fraction of sp³-hybridized carbons (Fsp3) is 0.333. The van der Waals surface area contributed by atoms with Gasteiger partial charge in [-0.3, -0.25) is 0 Å². The topological polar surface area (TPSA) is 15.8 Å². The van der Waals surface area contributed by atoms with Crippen molar-refractivity contribution in [2.75, 3.05) is 0 Å². The molecule has 0 spiro atoms. The van der Waals surface area contributed by atoms with Crippen LogP contribution in [0.3, 0.4) is 0 Å². The van der Waals surface area contributed by atoms with Crippen molar-refractivity contribution in [1.29, 1.82) is 0 Å². The number of rotatable bonds is 0. The maximum Gasteiger partial charge on any atom is 0.0456 e. The Morgan fingerprint density at radius 2 is 1.77 bits per heavy atom. The summed E-state index contributed by atoms with van der Waals surface area (Å²) < 4.78 is 0. The van der Waals surface area contributed by atoms with Crippen LogP contribution in [0.15, 0.2) is 30.5 Å². The molecule has 1 nitrogen and oxygen atoms in total. The molecule has 1 aromatic heterocycles. The molecular weight excluding hydrogens is 158 g/mol. The molecule has 0 bridgehead atoms. The van der Waals surface area contributed by atoms with Crippen molar-refractivity contribution in [1.82, 2.24) is 4.98 Å². The summed E-state index contributed by atoms with van der Waals surface area (Å²) in [5.74, 6) is 0. The number of aryl methyl sites for hydroxylation is 1.